The zero-order chi connectivity index (χ0) is 13.7. The van der Waals surface area contributed by atoms with E-state index >= 15 is 0 Å². The van der Waals surface area contributed by atoms with E-state index in [0.29, 0.717) is 6.54 Å². The molecule has 0 spiro atoms. The third-order valence-corrected chi connectivity index (χ3v) is 2.87. The first-order chi connectivity index (χ1) is 9.26. The van der Waals surface area contributed by atoms with E-state index in [1.165, 1.54) is 0 Å². The number of aryl methyl sites for hydroxylation is 1. The highest BCUT2D eigenvalue weighted by Crippen LogP contribution is 2.20. The summed E-state index contributed by atoms with van der Waals surface area (Å²) in [6, 6.07) is 5.89. The van der Waals surface area contributed by atoms with E-state index in [-0.39, 0.29) is 0 Å². The molecule has 0 bridgehead atoms. The lowest BCUT2D eigenvalue weighted by Gasteiger charge is -2.09. The third-order valence-electron chi connectivity index (χ3n) is 2.87. The number of aromatic nitrogens is 4. The van der Waals surface area contributed by atoms with E-state index in [9.17, 15) is 0 Å². The molecule has 0 saturated heterocycles. The van der Waals surface area contributed by atoms with Crippen LogP contribution in [0, 0.1) is 6.92 Å². The van der Waals surface area contributed by atoms with Gasteiger partial charge in [-0.15, -0.1) is 5.10 Å². The van der Waals surface area contributed by atoms with Crippen LogP contribution < -0.4 is 10.1 Å². The van der Waals surface area contributed by atoms with Crippen LogP contribution in [0.4, 0.5) is 0 Å². The first-order valence-electron chi connectivity index (χ1n) is 6.39. The maximum absolute atomic E-state index is 5.25. The van der Waals surface area contributed by atoms with Crippen LogP contribution in [0.3, 0.4) is 0 Å². The number of nitrogens with zero attached hydrogens (tertiary/aromatic N) is 4. The number of rotatable bonds is 6. The van der Waals surface area contributed by atoms with Crippen molar-refractivity contribution in [3.63, 3.8) is 0 Å². The van der Waals surface area contributed by atoms with Gasteiger partial charge >= 0.3 is 0 Å². The highest BCUT2D eigenvalue weighted by Gasteiger charge is 2.09. The Balaban J connectivity index is 2.22. The monoisotopic (exact) mass is 261 g/mol. The molecule has 2 aromatic rings. The van der Waals surface area contributed by atoms with E-state index in [1.54, 1.807) is 11.8 Å². The lowest BCUT2D eigenvalue weighted by Crippen LogP contribution is -2.17. The number of tetrazole rings is 1. The average Bonchev–Trinajstić information content (AvgIpc) is 2.87. The third kappa shape index (κ3) is 3.08. The SMILES string of the molecule is CCCNCc1nnnn1-c1ccc(OC)c(C)c1. The van der Waals surface area contributed by atoms with E-state index < -0.39 is 0 Å². The number of hydrogen-bond acceptors (Lipinski definition) is 5. The minimum atomic E-state index is 0.659. The predicted octanol–water partition coefficient (Wildman–Crippen LogP) is 1.48. The Morgan fingerprint density at radius 3 is 2.89 bits per heavy atom. The van der Waals surface area contributed by atoms with Gasteiger partial charge in [0.25, 0.3) is 0 Å². The molecule has 0 radical (unpaired) electrons. The van der Waals surface area contributed by atoms with Crippen molar-refractivity contribution in [3.05, 3.63) is 29.6 Å². The second kappa shape index (κ2) is 6.29. The molecule has 102 valence electrons. The van der Waals surface area contributed by atoms with Crippen LogP contribution in [-0.2, 0) is 6.54 Å². The van der Waals surface area contributed by atoms with Gasteiger partial charge in [-0.2, -0.15) is 4.68 Å². The summed E-state index contributed by atoms with van der Waals surface area (Å²) in [4.78, 5) is 0. The summed E-state index contributed by atoms with van der Waals surface area (Å²) in [5.74, 6) is 1.67. The van der Waals surface area contributed by atoms with Gasteiger partial charge in [0.2, 0.25) is 0 Å². The molecule has 6 heteroatoms. The Kier molecular flexibility index (Phi) is 4.46. The molecule has 1 aromatic carbocycles. The molecule has 2 rings (SSSR count). The van der Waals surface area contributed by atoms with E-state index in [2.05, 4.69) is 27.8 Å². The van der Waals surface area contributed by atoms with Crippen molar-refractivity contribution in [2.75, 3.05) is 13.7 Å². The molecule has 0 unspecified atom stereocenters. The summed E-state index contributed by atoms with van der Waals surface area (Å²) in [6.07, 6.45) is 1.09. The molecular formula is C13H19N5O. The summed E-state index contributed by atoms with van der Waals surface area (Å²) in [5.41, 5.74) is 2.00. The van der Waals surface area contributed by atoms with Gasteiger partial charge in [0.15, 0.2) is 5.82 Å². The lowest BCUT2D eigenvalue weighted by atomic mass is 10.2. The van der Waals surface area contributed by atoms with E-state index in [0.717, 1.165) is 35.8 Å². The molecule has 19 heavy (non-hydrogen) atoms. The van der Waals surface area contributed by atoms with E-state index in [1.807, 2.05) is 25.1 Å². The van der Waals surface area contributed by atoms with Gasteiger partial charge in [0.1, 0.15) is 5.75 Å². The molecule has 0 aliphatic rings. The number of benzene rings is 1. The zero-order valence-corrected chi connectivity index (χ0v) is 11.6. The van der Waals surface area contributed by atoms with Crippen molar-refractivity contribution in [1.29, 1.82) is 0 Å². The minimum absolute atomic E-state index is 0.659. The maximum atomic E-state index is 5.25. The molecule has 0 amide bonds. The van der Waals surface area contributed by atoms with Gasteiger partial charge < -0.3 is 10.1 Å². The second-order valence-corrected chi connectivity index (χ2v) is 4.34. The number of methoxy groups -OCH3 is 1. The maximum Gasteiger partial charge on any atom is 0.170 e. The van der Waals surface area contributed by atoms with Gasteiger partial charge in [-0.25, -0.2) is 0 Å². The van der Waals surface area contributed by atoms with Gasteiger partial charge in [0.05, 0.1) is 19.3 Å². The average molecular weight is 261 g/mol. The van der Waals surface area contributed by atoms with Crippen LogP contribution in [0.2, 0.25) is 0 Å². The molecule has 0 aliphatic heterocycles. The zero-order valence-electron chi connectivity index (χ0n) is 11.6. The fourth-order valence-electron chi connectivity index (χ4n) is 1.89. The lowest BCUT2D eigenvalue weighted by molar-refractivity contribution is 0.411. The van der Waals surface area contributed by atoms with Crippen molar-refractivity contribution in [3.8, 4) is 11.4 Å². The van der Waals surface area contributed by atoms with Crippen molar-refractivity contribution in [2.45, 2.75) is 26.8 Å². The highest BCUT2D eigenvalue weighted by atomic mass is 16.5. The van der Waals surface area contributed by atoms with Crippen molar-refractivity contribution in [2.24, 2.45) is 0 Å². The highest BCUT2D eigenvalue weighted by molar-refractivity contribution is 5.43. The standard InChI is InChI=1S/C13H19N5O/c1-4-7-14-9-13-15-16-17-18(13)11-5-6-12(19-3)10(2)8-11/h5-6,8,14H,4,7,9H2,1-3H3. The van der Waals surface area contributed by atoms with Crippen molar-refractivity contribution < 1.29 is 4.74 Å². The summed E-state index contributed by atoms with van der Waals surface area (Å²) < 4.78 is 7.00. The molecule has 1 N–H and O–H groups in total. The van der Waals surface area contributed by atoms with Crippen LogP contribution in [0.25, 0.3) is 5.69 Å². The smallest absolute Gasteiger partial charge is 0.170 e. The molecule has 0 fully saturated rings. The number of nitrogens with one attached hydrogen (secondary N) is 1. The van der Waals surface area contributed by atoms with Crippen LogP contribution in [0.1, 0.15) is 24.7 Å². The van der Waals surface area contributed by atoms with Crippen LogP contribution >= 0.6 is 0 Å². The summed E-state index contributed by atoms with van der Waals surface area (Å²) in [5, 5.41) is 15.1. The van der Waals surface area contributed by atoms with E-state index in [4.69, 9.17) is 4.74 Å². The minimum Gasteiger partial charge on any atom is -0.496 e. The second-order valence-electron chi connectivity index (χ2n) is 4.34. The Morgan fingerprint density at radius 2 is 2.21 bits per heavy atom. The van der Waals surface area contributed by atoms with Gasteiger partial charge in [-0.1, -0.05) is 6.92 Å². The quantitative estimate of drug-likeness (QED) is 0.798. The summed E-state index contributed by atoms with van der Waals surface area (Å²) in [7, 11) is 1.67. The van der Waals surface area contributed by atoms with Crippen LogP contribution in [0.5, 0.6) is 5.75 Å². The Labute approximate surface area is 112 Å². The molecule has 6 nitrogen and oxygen atoms in total. The number of ether oxygens (including phenoxy) is 1. The fourth-order valence-corrected chi connectivity index (χ4v) is 1.89. The summed E-state index contributed by atoms with van der Waals surface area (Å²) >= 11 is 0. The summed E-state index contributed by atoms with van der Waals surface area (Å²) in [6.45, 7) is 5.74. The molecule has 1 heterocycles. The number of hydrogen-bond donors (Lipinski definition) is 1. The molecule has 0 aliphatic carbocycles. The first-order valence-corrected chi connectivity index (χ1v) is 6.39. The Hall–Kier alpha value is -1.95. The molecule has 1 aromatic heterocycles. The largest absolute Gasteiger partial charge is 0.496 e. The normalized spacial score (nSPS) is 10.7. The molecular weight excluding hydrogens is 242 g/mol. The van der Waals surface area contributed by atoms with Gasteiger partial charge in [-0.05, 0) is 54.1 Å². The fraction of sp³-hybridized carbons (Fsp3) is 0.462. The van der Waals surface area contributed by atoms with Crippen molar-refractivity contribution in [1.82, 2.24) is 25.5 Å². The van der Waals surface area contributed by atoms with Crippen LogP contribution in [-0.4, -0.2) is 33.9 Å². The van der Waals surface area contributed by atoms with Gasteiger partial charge in [-0.3, -0.25) is 0 Å². The predicted molar refractivity (Wildman–Crippen MR) is 72.4 cm³/mol. The molecule has 0 atom stereocenters. The first kappa shape index (κ1) is 13.5. The Bertz CT molecular complexity index is 538. The van der Waals surface area contributed by atoms with Gasteiger partial charge in [0, 0.05) is 0 Å². The van der Waals surface area contributed by atoms with Crippen LogP contribution in [0.15, 0.2) is 18.2 Å². The molecule has 0 saturated carbocycles. The Morgan fingerprint density at radius 1 is 1.37 bits per heavy atom. The topological polar surface area (TPSA) is 64.9 Å². The van der Waals surface area contributed by atoms with Crippen molar-refractivity contribution >= 4 is 0 Å².